The number of ether oxygens (including phenoxy) is 2. The van der Waals surface area contributed by atoms with Crippen molar-refractivity contribution >= 4 is 0 Å². The van der Waals surface area contributed by atoms with Crippen molar-refractivity contribution in [3.8, 4) is 0 Å². The third kappa shape index (κ3) is 2.39. The predicted octanol–water partition coefficient (Wildman–Crippen LogP) is 0.628. The van der Waals surface area contributed by atoms with Crippen LogP contribution in [-0.2, 0) is 22.3 Å². The van der Waals surface area contributed by atoms with Crippen LogP contribution >= 0.6 is 0 Å². The molecular formula is C13H19N3O2. The highest BCUT2D eigenvalue weighted by molar-refractivity contribution is 5.22. The number of hydrogen-bond donors (Lipinski definition) is 1. The van der Waals surface area contributed by atoms with Gasteiger partial charge in [-0.05, 0) is 37.3 Å². The van der Waals surface area contributed by atoms with Crippen LogP contribution in [0.4, 0.5) is 0 Å². The monoisotopic (exact) mass is 249 g/mol. The van der Waals surface area contributed by atoms with E-state index in [1.54, 1.807) is 0 Å². The van der Waals surface area contributed by atoms with Crippen molar-refractivity contribution in [2.75, 3.05) is 26.4 Å². The second-order valence-electron chi connectivity index (χ2n) is 4.98. The maximum Gasteiger partial charge on any atom is 0.159 e. The first-order valence-corrected chi connectivity index (χ1v) is 6.61. The summed E-state index contributed by atoms with van der Waals surface area (Å²) in [6.45, 7) is 2.60. The number of hydrogen-bond acceptors (Lipinski definition) is 5. The molecule has 18 heavy (non-hydrogen) atoms. The molecule has 0 bridgehead atoms. The molecule has 98 valence electrons. The summed E-state index contributed by atoms with van der Waals surface area (Å²) in [4.78, 5) is 9.08. The van der Waals surface area contributed by atoms with Crippen molar-refractivity contribution in [3.05, 3.63) is 23.3 Å². The average molecular weight is 249 g/mol. The van der Waals surface area contributed by atoms with Gasteiger partial charge in [-0.3, -0.25) is 0 Å². The summed E-state index contributed by atoms with van der Waals surface area (Å²) in [5.41, 5.74) is 8.14. The molecule has 2 aliphatic rings. The van der Waals surface area contributed by atoms with E-state index in [-0.39, 0.29) is 6.10 Å². The Morgan fingerprint density at radius 3 is 3.11 bits per heavy atom. The van der Waals surface area contributed by atoms with E-state index in [4.69, 9.17) is 15.2 Å². The first kappa shape index (κ1) is 12.0. The molecule has 1 fully saturated rings. The van der Waals surface area contributed by atoms with Gasteiger partial charge in [-0.25, -0.2) is 9.97 Å². The Balaban J connectivity index is 1.78. The van der Waals surface area contributed by atoms with Crippen LogP contribution in [0.2, 0.25) is 0 Å². The molecule has 5 nitrogen and oxygen atoms in total. The van der Waals surface area contributed by atoms with E-state index in [2.05, 4.69) is 9.97 Å². The Kier molecular flexibility index (Phi) is 3.54. The summed E-state index contributed by atoms with van der Waals surface area (Å²) < 4.78 is 11.0. The summed E-state index contributed by atoms with van der Waals surface area (Å²) in [5.74, 6) is 1.35. The Labute approximate surface area is 107 Å². The van der Waals surface area contributed by atoms with Gasteiger partial charge in [0.2, 0.25) is 0 Å². The zero-order valence-corrected chi connectivity index (χ0v) is 10.5. The number of fused-ring (bicyclic) bond motifs is 1. The van der Waals surface area contributed by atoms with Crippen LogP contribution in [0.25, 0.3) is 0 Å². The van der Waals surface area contributed by atoms with E-state index < -0.39 is 0 Å². The lowest BCUT2D eigenvalue weighted by Gasteiger charge is -2.25. The summed E-state index contributed by atoms with van der Waals surface area (Å²) in [7, 11) is 0. The molecule has 1 aromatic rings. The van der Waals surface area contributed by atoms with Gasteiger partial charge in [0.05, 0.1) is 19.8 Å². The minimum absolute atomic E-state index is 0.101. The van der Waals surface area contributed by atoms with Gasteiger partial charge in [0.25, 0.3) is 0 Å². The fourth-order valence-electron chi connectivity index (χ4n) is 2.59. The molecule has 2 N–H and O–H groups in total. The number of nitrogens with two attached hydrogens (primary N) is 1. The van der Waals surface area contributed by atoms with Crippen molar-refractivity contribution in [3.63, 3.8) is 0 Å². The average Bonchev–Trinajstić information content (AvgIpc) is 2.47. The number of nitrogens with zero attached hydrogens (tertiary/aromatic N) is 2. The van der Waals surface area contributed by atoms with E-state index in [0.717, 1.165) is 31.6 Å². The maximum atomic E-state index is 5.73. The highest BCUT2D eigenvalue weighted by atomic mass is 16.6. The molecular weight excluding hydrogens is 230 g/mol. The molecule has 1 aliphatic carbocycles. The molecule has 0 radical (unpaired) electrons. The minimum Gasteiger partial charge on any atom is -0.376 e. The van der Waals surface area contributed by atoms with Gasteiger partial charge in [-0.1, -0.05) is 0 Å². The van der Waals surface area contributed by atoms with Crippen LogP contribution in [0.3, 0.4) is 0 Å². The first-order chi connectivity index (χ1) is 8.86. The second kappa shape index (κ2) is 5.30. The molecule has 0 amide bonds. The Hall–Kier alpha value is -1.04. The summed E-state index contributed by atoms with van der Waals surface area (Å²) in [6.07, 6.45) is 4.98. The zero-order chi connectivity index (χ0) is 12.4. The lowest BCUT2D eigenvalue weighted by molar-refractivity contribution is -0.0936. The molecule has 0 spiro atoms. The van der Waals surface area contributed by atoms with E-state index >= 15 is 0 Å². The van der Waals surface area contributed by atoms with Crippen LogP contribution in [0.5, 0.6) is 0 Å². The second-order valence-corrected chi connectivity index (χ2v) is 4.98. The van der Waals surface area contributed by atoms with Gasteiger partial charge in [0.15, 0.2) is 5.82 Å². The lowest BCUT2D eigenvalue weighted by Crippen LogP contribution is -2.26. The van der Waals surface area contributed by atoms with E-state index in [0.29, 0.717) is 25.7 Å². The molecule has 1 aromatic heterocycles. The summed E-state index contributed by atoms with van der Waals surface area (Å²) in [5, 5.41) is 0. The zero-order valence-electron chi connectivity index (χ0n) is 10.5. The molecule has 2 unspecified atom stereocenters. The Morgan fingerprint density at radius 1 is 1.39 bits per heavy atom. The molecule has 1 aliphatic heterocycles. The van der Waals surface area contributed by atoms with Crippen LogP contribution in [0, 0.1) is 5.92 Å². The highest BCUT2D eigenvalue weighted by Gasteiger charge is 2.23. The molecule has 1 saturated heterocycles. The van der Waals surface area contributed by atoms with E-state index in [1.807, 2.05) is 6.20 Å². The summed E-state index contributed by atoms with van der Waals surface area (Å²) >= 11 is 0. The maximum absolute atomic E-state index is 5.73. The molecule has 0 saturated carbocycles. The van der Waals surface area contributed by atoms with Gasteiger partial charge in [-0.2, -0.15) is 0 Å². The van der Waals surface area contributed by atoms with E-state index in [9.17, 15) is 0 Å². The van der Waals surface area contributed by atoms with Crippen LogP contribution in [-0.4, -0.2) is 36.3 Å². The Morgan fingerprint density at radius 2 is 2.33 bits per heavy atom. The topological polar surface area (TPSA) is 70.3 Å². The van der Waals surface area contributed by atoms with Crippen molar-refractivity contribution in [2.24, 2.45) is 11.7 Å². The van der Waals surface area contributed by atoms with Gasteiger partial charge >= 0.3 is 0 Å². The lowest BCUT2D eigenvalue weighted by atomic mass is 9.87. The van der Waals surface area contributed by atoms with Crippen LogP contribution in [0.1, 0.15) is 29.6 Å². The number of aromatic nitrogens is 2. The van der Waals surface area contributed by atoms with Gasteiger partial charge in [0, 0.05) is 11.9 Å². The normalized spacial score (nSPS) is 27.8. The standard InChI is InChI=1S/C13H19N3O2/c14-6-9-1-2-11-10(5-9)7-15-13(16-11)12-8-17-3-4-18-12/h7,9,12H,1-6,8,14H2. The fraction of sp³-hybridized carbons (Fsp3) is 0.692. The molecule has 2 atom stereocenters. The first-order valence-electron chi connectivity index (χ1n) is 6.61. The van der Waals surface area contributed by atoms with Gasteiger partial charge in [-0.15, -0.1) is 0 Å². The predicted molar refractivity (Wildman–Crippen MR) is 66.1 cm³/mol. The highest BCUT2D eigenvalue weighted by Crippen LogP contribution is 2.25. The molecule has 5 heteroatoms. The Bertz CT molecular complexity index is 419. The van der Waals surface area contributed by atoms with Crippen molar-refractivity contribution in [1.29, 1.82) is 0 Å². The molecule has 3 rings (SSSR count). The third-order valence-electron chi connectivity index (χ3n) is 3.71. The third-order valence-corrected chi connectivity index (χ3v) is 3.71. The van der Waals surface area contributed by atoms with Gasteiger partial charge in [0.1, 0.15) is 6.10 Å². The summed E-state index contributed by atoms with van der Waals surface area (Å²) in [6, 6.07) is 0. The fourth-order valence-corrected chi connectivity index (χ4v) is 2.59. The molecule has 0 aromatic carbocycles. The van der Waals surface area contributed by atoms with Crippen molar-refractivity contribution < 1.29 is 9.47 Å². The van der Waals surface area contributed by atoms with Crippen molar-refractivity contribution in [2.45, 2.75) is 25.4 Å². The van der Waals surface area contributed by atoms with Gasteiger partial charge < -0.3 is 15.2 Å². The number of rotatable bonds is 2. The van der Waals surface area contributed by atoms with Crippen LogP contribution < -0.4 is 5.73 Å². The quantitative estimate of drug-likeness (QED) is 0.832. The molecule has 2 heterocycles. The minimum atomic E-state index is -0.101. The van der Waals surface area contributed by atoms with E-state index in [1.165, 1.54) is 11.3 Å². The SMILES string of the molecule is NCC1CCc2nc(C3COCCO3)ncc2C1. The smallest absolute Gasteiger partial charge is 0.159 e. The van der Waals surface area contributed by atoms with Crippen molar-refractivity contribution in [1.82, 2.24) is 9.97 Å². The largest absolute Gasteiger partial charge is 0.376 e. The number of aryl methyl sites for hydroxylation is 1. The van der Waals surface area contributed by atoms with Crippen LogP contribution in [0.15, 0.2) is 6.20 Å².